The van der Waals surface area contributed by atoms with Crippen LogP contribution < -0.4 is 10.6 Å². The number of likely N-dealkylation sites (tertiary alicyclic amines) is 1. The van der Waals surface area contributed by atoms with Gasteiger partial charge in [0, 0.05) is 12.2 Å². The van der Waals surface area contributed by atoms with Gasteiger partial charge in [0.1, 0.15) is 0 Å². The average Bonchev–Trinajstić information content (AvgIpc) is 2.50. The summed E-state index contributed by atoms with van der Waals surface area (Å²) in [7, 11) is 0. The molecule has 0 aromatic heterocycles. The van der Waals surface area contributed by atoms with Crippen LogP contribution in [0.15, 0.2) is 18.2 Å². The highest BCUT2D eigenvalue weighted by molar-refractivity contribution is 6.02. The number of rotatable bonds is 4. The highest BCUT2D eigenvalue weighted by Crippen LogP contribution is 2.17. The van der Waals surface area contributed by atoms with Gasteiger partial charge >= 0.3 is 12.0 Å². The zero-order valence-corrected chi connectivity index (χ0v) is 15.2. The molecule has 0 bridgehead atoms. The zero-order chi connectivity index (χ0) is 17.7. The molecule has 3 N–H and O–H groups in total. The van der Waals surface area contributed by atoms with Crippen molar-refractivity contribution in [2.45, 2.75) is 26.7 Å². The summed E-state index contributed by atoms with van der Waals surface area (Å²) in [5, 5.41) is 14.0. The summed E-state index contributed by atoms with van der Waals surface area (Å²) in [5.74, 6) is -1.73. The number of aryl methyl sites for hydroxylation is 2. The molecule has 0 aliphatic carbocycles. The molecule has 1 heterocycles. The lowest BCUT2D eigenvalue weighted by Crippen LogP contribution is -2.46. The lowest BCUT2D eigenvalue weighted by Gasteiger charge is -2.29. The molecule has 2 rings (SSSR count). The molecule has 0 radical (unpaired) electrons. The zero-order valence-electron chi connectivity index (χ0n) is 14.4. The van der Waals surface area contributed by atoms with Crippen LogP contribution in [-0.4, -0.2) is 47.5 Å². The third-order valence-electron chi connectivity index (χ3n) is 4.11. The Morgan fingerprint density at radius 1 is 1.28 bits per heavy atom. The smallest absolute Gasteiger partial charge is 0.325 e. The van der Waals surface area contributed by atoms with Crippen LogP contribution in [0.4, 0.5) is 10.5 Å². The van der Waals surface area contributed by atoms with Gasteiger partial charge in [0.2, 0.25) is 5.91 Å². The number of carboxylic acid groups (broad SMARTS) is 1. The standard InChI is InChI=1S/C17H23N3O4.ClH/c1-11-5-6-14(12(2)8-11)18-17(24)19-15(21)10-20-7-3-4-13(9-20)16(22)23;/h5-6,8,13H,3-4,7,9-10H2,1-2H3,(H,22,23)(H2,18,19,21,24);1H. The second-order valence-electron chi connectivity index (χ2n) is 6.23. The minimum Gasteiger partial charge on any atom is -0.481 e. The number of hydrogen-bond donors (Lipinski definition) is 3. The van der Waals surface area contributed by atoms with E-state index in [1.165, 1.54) is 0 Å². The van der Waals surface area contributed by atoms with E-state index in [1.807, 2.05) is 26.0 Å². The summed E-state index contributed by atoms with van der Waals surface area (Å²) in [4.78, 5) is 36.7. The van der Waals surface area contributed by atoms with E-state index in [2.05, 4.69) is 10.6 Å². The maximum absolute atomic E-state index is 12.0. The number of nitrogens with zero attached hydrogens (tertiary/aromatic N) is 1. The van der Waals surface area contributed by atoms with Crippen molar-refractivity contribution < 1.29 is 19.5 Å². The van der Waals surface area contributed by atoms with Gasteiger partial charge in [-0.15, -0.1) is 12.4 Å². The number of amides is 3. The number of benzene rings is 1. The van der Waals surface area contributed by atoms with Gasteiger partial charge < -0.3 is 10.4 Å². The van der Waals surface area contributed by atoms with Crippen LogP contribution in [0.3, 0.4) is 0 Å². The summed E-state index contributed by atoms with van der Waals surface area (Å²) in [6.07, 6.45) is 1.36. The van der Waals surface area contributed by atoms with Gasteiger partial charge in [0.25, 0.3) is 0 Å². The van der Waals surface area contributed by atoms with Crippen LogP contribution in [0.2, 0.25) is 0 Å². The molecule has 1 aliphatic heterocycles. The second-order valence-corrected chi connectivity index (χ2v) is 6.23. The van der Waals surface area contributed by atoms with Gasteiger partial charge in [-0.05, 0) is 44.9 Å². The van der Waals surface area contributed by atoms with Gasteiger partial charge in [0.15, 0.2) is 0 Å². The third kappa shape index (κ3) is 6.36. The van der Waals surface area contributed by atoms with E-state index in [0.717, 1.165) is 17.5 Å². The van der Waals surface area contributed by atoms with Crippen molar-refractivity contribution in [1.82, 2.24) is 10.2 Å². The molecule has 0 spiro atoms. The molecule has 1 fully saturated rings. The van der Waals surface area contributed by atoms with Gasteiger partial charge in [-0.2, -0.15) is 0 Å². The number of carbonyl (C=O) groups excluding carboxylic acids is 2. The molecule has 1 aromatic carbocycles. The minimum atomic E-state index is -0.840. The Kier molecular flexibility index (Phi) is 7.86. The molecule has 1 saturated heterocycles. The molecule has 0 saturated carbocycles. The van der Waals surface area contributed by atoms with Crippen molar-refractivity contribution in [3.8, 4) is 0 Å². The van der Waals surface area contributed by atoms with Crippen LogP contribution in [0, 0.1) is 19.8 Å². The van der Waals surface area contributed by atoms with Crippen molar-refractivity contribution >= 4 is 36.0 Å². The van der Waals surface area contributed by atoms with Crippen LogP contribution in [0.5, 0.6) is 0 Å². The quantitative estimate of drug-likeness (QED) is 0.755. The highest BCUT2D eigenvalue weighted by atomic mass is 35.5. The fourth-order valence-corrected chi connectivity index (χ4v) is 2.88. The number of aliphatic carboxylic acids is 1. The number of halogens is 1. The molecule has 7 nitrogen and oxygen atoms in total. The number of anilines is 1. The molecule has 1 aliphatic rings. The van der Waals surface area contributed by atoms with Crippen LogP contribution >= 0.6 is 12.4 Å². The van der Waals surface area contributed by atoms with Crippen molar-refractivity contribution in [3.05, 3.63) is 29.3 Å². The molecule has 3 amide bonds. The number of imide groups is 1. The van der Waals surface area contributed by atoms with Crippen molar-refractivity contribution in [3.63, 3.8) is 0 Å². The number of carboxylic acids is 1. The molecule has 1 atom stereocenters. The largest absolute Gasteiger partial charge is 0.481 e. The fraction of sp³-hybridized carbons (Fsp3) is 0.471. The Balaban J connectivity index is 0.00000312. The van der Waals surface area contributed by atoms with E-state index < -0.39 is 23.8 Å². The first-order valence-electron chi connectivity index (χ1n) is 7.98. The number of nitrogens with one attached hydrogen (secondary N) is 2. The Hall–Kier alpha value is -2.12. The molecular weight excluding hydrogens is 346 g/mol. The van der Waals surface area contributed by atoms with E-state index in [0.29, 0.717) is 25.2 Å². The topological polar surface area (TPSA) is 98.7 Å². The molecule has 8 heteroatoms. The molecule has 25 heavy (non-hydrogen) atoms. The lowest BCUT2D eigenvalue weighted by atomic mass is 9.98. The van der Waals surface area contributed by atoms with Crippen LogP contribution in [0.1, 0.15) is 24.0 Å². The molecule has 138 valence electrons. The summed E-state index contributed by atoms with van der Waals surface area (Å²) in [6, 6.07) is 5.02. The lowest BCUT2D eigenvalue weighted by molar-refractivity contribution is -0.144. The second kappa shape index (κ2) is 9.39. The fourth-order valence-electron chi connectivity index (χ4n) is 2.88. The van der Waals surface area contributed by atoms with Gasteiger partial charge in [-0.3, -0.25) is 19.8 Å². The molecule has 1 unspecified atom stereocenters. The van der Waals surface area contributed by atoms with Crippen molar-refractivity contribution in [2.24, 2.45) is 5.92 Å². The van der Waals surface area contributed by atoms with E-state index in [9.17, 15) is 14.4 Å². The number of urea groups is 1. The Bertz CT molecular complexity index is 651. The Morgan fingerprint density at radius 2 is 2.00 bits per heavy atom. The number of carbonyl (C=O) groups is 3. The first kappa shape index (κ1) is 20.9. The third-order valence-corrected chi connectivity index (χ3v) is 4.11. The minimum absolute atomic E-state index is 0. The first-order valence-corrected chi connectivity index (χ1v) is 7.98. The number of piperidine rings is 1. The molecule has 1 aromatic rings. The monoisotopic (exact) mass is 369 g/mol. The van der Waals surface area contributed by atoms with E-state index >= 15 is 0 Å². The van der Waals surface area contributed by atoms with E-state index in [1.54, 1.807) is 11.0 Å². The first-order chi connectivity index (χ1) is 11.3. The summed E-state index contributed by atoms with van der Waals surface area (Å²) >= 11 is 0. The predicted molar refractivity (Wildman–Crippen MR) is 97.1 cm³/mol. The van der Waals surface area contributed by atoms with Crippen LogP contribution in [0.25, 0.3) is 0 Å². The SMILES string of the molecule is Cc1ccc(NC(=O)NC(=O)CN2CCCC(C(=O)O)C2)c(C)c1.Cl. The van der Waals surface area contributed by atoms with E-state index in [-0.39, 0.29) is 19.0 Å². The Labute approximate surface area is 153 Å². The summed E-state index contributed by atoms with van der Waals surface area (Å²) < 4.78 is 0. The van der Waals surface area contributed by atoms with Gasteiger partial charge in [-0.1, -0.05) is 17.7 Å². The predicted octanol–water partition coefficient (Wildman–Crippen LogP) is 2.17. The van der Waals surface area contributed by atoms with Gasteiger partial charge in [-0.25, -0.2) is 4.79 Å². The van der Waals surface area contributed by atoms with Crippen molar-refractivity contribution in [1.29, 1.82) is 0 Å². The maximum Gasteiger partial charge on any atom is 0.325 e. The molecular formula is C17H24ClN3O4. The average molecular weight is 370 g/mol. The maximum atomic E-state index is 12.0. The highest BCUT2D eigenvalue weighted by Gasteiger charge is 2.26. The summed E-state index contributed by atoms with van der Waals surface area (Å²) in [6.45, 7) is 4.86. The van der Waals surface area contributed by atoms with Crippen molar-refractivity contribution in [2.75, 3.05) is 25.0 Å². The van der Waals surface area contributed by atoms with Gasteiger partial charge in [0.05, 0.1) is 12.5 Å². The number of hydrogen-bond acceptors (Lipinski definition) is 4. The Morgan fingerprint density at radius 3 is 2.64 bits per heavy atom. The van der Waals surface area contributed by atoms with Crippen LogP contribution in [-0.2, 0) is 9.59 Å². The normalized spacial score (nSPS) is 17.3. The summed E-state index contributed by atoms with van der Waals surface area (Å²) in [5.41, 5.74) is 2.65. The van der Waals surface area contributed by atoms with E-state index in [4.69, 9.17) is 5.11 Å².